The second-order valence-electron chi connectivity index (χ2n) is 5.61. The Morgan fingerprint density at radius 2 is 2.14 bits per heavy atom. The van der Waals surface area contributed by atoms with E-state index in [0.717, 1.165) is 29.3 Å². The van der Waals surface area contributed by atoms with Gasteiger partial charge in [0.2, 0.25) is 10.0 Å². The third-order valence-electron chi connectivity index (χ3n) is 3.75. The molecule has 1 aromatic rings. The summed E-state index contributed by atoms with van der Waals surface area (Å²) in [5, 5.41) is 2.82. The van der Waals surface area contributed by atoms with Gasteiger partial charge in [-0.1, -0.05) is 6.07 Å². The van der Waals surface area contributed by atoms with E-state index in [0.29, 0.717) is 12.1 Å². The molecule has 0 unspecified atom stereocenters. The van der Waals surface area contributed by atoms with Crippen LogP contribution in [0.3, 0.4) is 0 Å². The van der Waals surface area contributed by atoms with E-state index in [1.807, 2.05) is 0 Å². The Morgan fingerprint density at radius 3 is 2.73 bits per heavy atom. The maximum Gasteiger partial charge on any atom is 0.251 e. The molecule has 1 aliphatic rings. The van der Waals surface area contributed by atoms with Gasteiger partial charge in [0.25, 0.3) is 5.91 Å². The van der Waals surface area contributed by atoms with Crippen LogP contribution in [0.2, 0.25) is 0 Å². The number of carbonyl (C=O) groups excluding carboxylic acids is 1. The normalized spacial score (nSPS) is 18.6. The topological polar surface area (TPSA) is 75.7 Å². The summed E-state index contributed by atoms with van der Waals surface area (Å²) in [5.41, 5.74) is 1.11. The highest BCUT2D eigenvalue weighted by molar-refractivity contribution is 7.89. The minimum absolute atomic E-state index is 0.0537. The first-order chi connectivity index (χ1) is 10.3. The minimum atomic E-state index is -3.55. The lowest BCUT2D eigenvalue weighted by molar-refractivity contribution is 0.0857. The summed E-state index contributed by atoms with van der Waals surface area (Å²) in [7, 11) is -0.622. The molecule has 1 N–H and O–H groups in total. The number of benzene rings is 1. The molecule has 1 amide bonds. The molecule has 0 aromatic heterocycles. The van der Waals surface area contributed by atoms with Crippen LogP contribution in [0.25, 0.3) is 0 Å². The van der Waals surface area contributed by atoms with Crippen LogP contribution in [-0.4, -0.2) is 52.0 Å². The Morgan fingerprint density at radius 1 is 1.41 bits per heavy atom. The molecule has 0 aliphatic carbocycles. The van der Waals surface area contributed by atoms with E-state index >= 15 is 0 Å². The third kappa shape index (κ3) is 3.66. The fourth-order valence-corrected chi connectivity index (χ4v) is 3.25. The Balaban J connectivity index is 2.17. The van der Waals surface area contributed by atoms with E-state index in [4.69, 9.17) is 4.74 Å². The number of nitrogens with zero attached hydrogens (tertiary/aromatic N) is 1. The first-order valence-corrected chi connectivity index (χ1v) is 8.69. The SMILES string of the molecule is Cc1ccc(S(=O)(=O)N(C)C)cc1C(=O)NC[C@H]1CCCO1. The summed E-state index contributed by atoms with van der Waals surface area (Å²) >= 11 is 0. The van der Waals surface area contributed by atoms with Crippen LogP contribution in [0, 0.1) is 6.92 Å². The van der Waals surface area contributed by atoms with Gasteiger partial charge >= 0.3 is 0 Å². The van der Waals surface area contributed by atoms with Gasteiger partial charge in [-0.05, 0) is 37.5 Å². The van der Waals surface area contributed by atoms with Crippen molar-refractivity contribution in [1.82, 2.24) is 9.62 Å². The monoisotopic (exact) mass is 326 g/mol. The third-order valence-corrected chi connectivity index (χ3v) is 5.56. The zero-order valence-corrected chi connectivity index (χ0v) is 13.9. The molecule has 1 fully saturated rings. The van der Waals surface area contributed by atoms with Crippen molar-refractivity contribution < 1.29 is 17.9 Å². The maximum absolute atomic E-state index is 12.3. The molecule has 0 saturated carbocycles. The van der Waals surface area contributed by atoms with Crippen LogP contribution in [-0.2, 0) is 14.8 Å². The predicted molar refractivity (Wildman–Crippen MR) is 83.4 cm³/mol. The summed E-state index contributed by atoms with van der Waals surface area (Å²) < 4.78 is 30.9. The van der Waals surface area contributed by atoms with E-state index in [-0.39, 0.29) is 16.9 Å². The lowest BCUT2D eigenvalue weighted by atomic mass is 10.1. The van der Waals surface area contributed by atoms with Gasteiger partial charge in [-0.2, -0.15) is 0 Å². The van der Waals surface area contributed by atoms with Crippen LogP contribution in [0.15, 0.2) is 23.1 Å². The summed E-state index contributed by atoms with van der Waals surface area (Å²) in [6.45, 7) is 2.96. The predicted octanol–water partition coefficient (Wildman–Crippen LogP) is 1.15. The number of aryl methyl sites for hydroxylation is 1. The smallest absolute Gasteiger partial charge is 0.251 e. The molecule has 1 saturated heterocycles. The molecule has 1 heterocycles. The Hall–Kier alpha value is -1.44. The van der Waals surface area contributed by atoms with Crippen molar-refractivity contribution in [3.05, 3.63) is 29.3 Å². The molecule has 122 valence electrons. The Bertz CT molecular complexity index is 650. The summed E-state index contributed by atoms with van der Waals surface area (Å²) in [6, 6.07) is 4.59. The second-order valence-corrected chi connectivity index (χ2v) is 7.76. The summed E-state index contributed by atoms with van der Waals surface area (Å²) in [5.74, 6) is -0.274. The van der Waals surface area contributed by atoms with Crippen molar-refractivity contribution in [3.63, 3.8) is 0 Å². The van der Waals surface area contributed by atoms with Gasteiger partial charge < -0.3 is 10.1 Å². The molecule has 1 atom stereocenters. The lowest BCUT2D eigenvalue weighted by Crippen LogP contribution is -2.32. The van der Waals surface area contributed by atoms with Gasteiger partial charge in [0.15, 0.2) is 0 Å². The van der Waals surface area contributed by atoms with Crippen molar-refractivity contribution >= 4 is 15.9 Å². The second kappa shape index (κ2) is 6.76. The highest BCUT2D eigenvalue weighted by atomic mass is 32.2. The molecule has 1 aromatic carbocycles. The van der Waals surface area contributed by atoms with E-state index < -0.39 is 10.0 Å². The van der Waals surface area contributed by atoms with Gasteiger partial charge in [0.05, 0.1) is 11.0 Å². The number of rotatable bonds is 5. The van der Waals surface area contributed by atoms with E-state index in [9.17, 15) is 13.2 Å². The quantitative estimate of drug-likeness (QED) is 0.881. The maximum atomic E-state index is 12.3. The molecule has 2 rings (SSSR count). The molecule has 1 aliphatic heterocycles. The zero-order chi connectivity index (χ0) is 16.3. The number of sulfonamides is 1. The van der Waals surface area contributed by atoms with Crippen molar-refractivity contribution in [3.8, 4) is 0 Å². The van der Waals surface area contributed by atoms with Gasteiger partial charge in [-0.15, -0.1) is 0 Å². The van der Waals surface area contributed by atoms with Crippen molar-refractivity contribution in [2.75, 3.05) is 27.2 Å². The van der Waals surface area contributed by atoms with E-state index in [1.165, 1.54) is 26.2 Å². The van der Waals surface area contributed by atoms with Gasteiger partial charge in [-0.3, -0.25) is 4.79 Å². The average Bonchev–Trinajstić information content (AvgIpc) is 2.98. The highest BCUT2D eigenvalue weighted by Crippen LogP contribution is 2.18. The number of ether oxygens (including phenoxy) is 1. The minimum Gasteiger partial charge on any atom is -0.376 e. The largest absolute Gasteiger partial charge is 0.376 e. The van der Waals surface area contributed by atoms with Crippen LogP contribution in [0.5, 0.6) is 0 Å². The van der Waals surface area contributed by atoms with E-state index in [2.05, 4.69) is 5.32 Å². The van der Waals surface area contributed by atoms with Crippen LogP contribution < -0.4 is 5.32 Å². The average molecular weight is 326 g/mol. The molecule has 0 bridgehead atoms. The molecule has 22 heavy (non-hydrogen) atoms. The summed E-state index contributed by atoms with van der Waals surface area (Å²) in [4.78, 5) is 12.4. The van der Waals surface area contributed by atoms with E-state index in [1.54, 1.807) is 13.0 Å². The number of hydrogen-bond acceptors (Lipinski definition) is 4. The number of carbonyl (C=O) groups is 1. The van der Waals surface area contributed by atoms with Crippen molar-refractivity contribution in [2.45, 2.75) is 30.8 Å². The van der Waals surface area contributed by atoms with Gasteiger partial charge in [-0.25, -0.2) is 12.7 Å². The first-order valence-electron chi connectivity index (χ1n) is 7.25. The molecular weight excluding hydrogens is 304 g/mol. The zero-order valence-electron chi connectivity index (χ0n) is 13.1. The highest BCUT2D eigenvalue weighted by Gasteiger charge is 2.21. The molecular formula is C15H22N2O4S. The Labute approximate surface area is 131 Å². The molecule has 6 nitrogen and oxygen atoms in total. The lowest BCUT2D eigenvalue weighted by Gasteiger charge is -2.15. The number of nitrogens with one attached hydrogen (secondary N) is 1. The van der Waals surface area contributed by atoms with Gasteiger partial charge in [0, 0.05) is 32.8 Å². The van der Waals surface area contributed by atoms with Crippen LogP contribution in [0.1, 0.15) is 28.8 Å². The summed E-state index contributed by atoms with van der Waals surface area (Å²) in [6.07, 6.45) is 2.00. The van der Waals surface area contributed by atoms with Crippen molar-refractivity contribution in [1.29, 1.82) is 0 Å². The molecule has 0 radical (unpaired) electrons. The fourth-order valence-electron chi connectivity index (χ4n) is 2.32. The number of hydrogen-bond donors (Lipinski definition) is 1. The van der Waals surface area contributed by atoms with Crippen LogP contribution >= 0.6 is 0 Å². The molecule has 7 heteroatoms. The van der Waals surface area contributed by atoms with Crippen LogP contribution in [0.4, 0.5) is 0 Å². The Kier molecular flexibility index (Phi) is 5.20. The number of amides is 1. The first kappa shape index (κ1) is 16.9. The van der Waals surface area contributed by atoms with Crippen molar-refractivity contribution in [2.24, 2.45) is 0 Å². The standard InChI is InChI=1S/C15H22N2O4S/c1-11-6-7-13(22(19,20)17(2)3)9-14(11)15(18)16-10-12-5-4-8-21-12/h6-7,9,12H,4-5,8,10H2,1-3H3,(H,16,18)/t12-/m1/s1. The van der Waals surface area contributed by atoms with Gasteiger partial charge in [0.1, 0.15) is 0 Å². The fraction of sp³-hybridized carbons (Fsp3) is 0.533. The molecule has 0 spiro atoms.